The minimum absolute atomic E-state index is 0.0706. The maximum Gasteiger partial charge on any atom is 0.239 e. The zero-order valence-electron chi connectivity index (χ0n) is 10.6. The number of likely N-dealkylation sites (N-methyl/N-ethyl adjacent to an activating group) is 1. The molecule has 0 unspecified atom stereocenters. The molecule has 0 fully saturated rings. The Hall–Kier alpha value is -2.09. The average molecular weight is 253 g/mol. The Morgan fingerprint density at radius 2 is 2.22 bits per heavy atom. The lowest BCUT2D eigenvalue weighted by atomic mass is 10.4. The van der Waals surface area contributed by atoms with Crippen molar-refractivity contribution in [3.8, 4) is 0 Å². The van der Waals surface area contributed by atoms with Gasteiger partial charge in [0.05, 0.1) is 6.54 Å². The average Bonchev–Trinajstić information content (AvgIpc) is 2.35. The summed E-state index contributed by atoms with van der Waals surface area (Å²) in [5.41, 5.74) is 7.93. The highest BCUT2D eigenvalue weighted by molar-refractivity contribution is 5.81. The molecule has 1 aromatic heterocycles. The van der Waals surface area contributed by atoms with E-state index in [2.05, 4.69) is 20.7 Å². The number of carbonyl (C=O) groups is 1. The highest BCUT2D eigenvalue weighted by Gasteiger charge is 2.10. The van der Waals surface area contributed by atoms with E-state index in [1.165, 1.54) is 0 Å². The Kier molecular flexibility index (Phi) is 5.12. The predicted octanol–water partition coefficient (Wildman–Crippen LogP) is -0.693. The minimum Gasteiger partial charge on any atom is -0.368 e. The normalized spacial score (nSPS) is 9.94. The van der Waals surface area contributed by atoms with Gasteiger partial charge in [0.25, 0.3) is 0 Å². The van der Waals surface area contributed by atoms with Crippen LogP contribution >= 0.6 is 0 Å². The van der Waals surface area contributed by atoms with Gasteiger partial charge in [0, 0.05) is 19.7 Å². The molecule has 18 heavy (non-hydrogen) atoms. The first-order chi connectivity index (χ1) is 8.56. The number of nitrogens with one attached hydrogen (secondary N) is 2. The van der Waals surface area contributed by atoms with Crippen LogP contribution in [0.1, 0.15) is 13.3 Å². The van der Waals surface area contributed by atoms with E-state index in [0.29, 0.717) is 18.2 Å². The molecule has 1 heterocycles. The van der Waals surface area contributed by atoms with Crippen LogP contribution in [0.2, 0.25) is 0 Å². The number of hydrogen-bond acceptors (Lipinski definition) is 7. The number of nitrogens with two attached hydrogens (primary N) is 2. The first kappa shape index (κ1) is 14.0. The van der Waals surface area contributed by atoms with Crippen molar-refractivity contribution in [2.24, 2.45) is 5.84 Å². The van der Waals surface area contributed by atoms with Crippen molar-refractivity contribution in [3.05, 3.63) is 6.07 Å². The van der Waals surface area contributed by atoms with Gasteiger partial charge in [-0.3, -0.25) is 4.79 Å². The Morgan fingerprint density at radius 3 is 2.83 bits per heavy atom. The first-order valence-corrected chi connectivity index (χ1v) is 5.65. The van der Waals surface area contributed by atoms with Crippen LogP contribution in [-0.2, 0) is 4.79 Å². The van der Waals surface area contributed by atoms with Crippen LogP contribution in [0.25, 0.3) is 0 Å². The Morgan fingerprint density at radius 1 is 1.50 bits per heavy atom. The van der Waals surface area contributed by atoms with Crippen molar-refractivity contribution in [3.63, 3.8) is 0 Å². The molecular formula is C10H19N7O. The standard InChI is InChI=1S/C10H19N7O/c1-3-4-13-9(18)6-17(2)8-5-7(16-12)14-10(11)15-8/h5H,3-4,6,12H2,1-2H3,(H,13,18)(H3,11,14,15,16). The van der Waals surface area contributed by atoms with Crippen LogP contribution in [0.5, 0.6) is 0 Å². The highest BCUT2D eigenvalue weighted by atomic mass is 16.2. The molecule has 1 amide bonds. The van der Waals surface area contributed by atoms with E-state index in [4.69, 9.17) is 11.6 Å². The van der Waals surface area contributed by atoms with E-state index in [0.717, 1.165) is 6.42 Å². The van der Waals surface area contributed by atoms with Crippen molar-refractivity contribution >= 4 is 23.5 Å². The van der Waals surface area contributed by atoms with Gasteiger partial charge < -0.3 is 21.4 Å². The van der Waals surface area contributed by atoms with Crippen molar-refractivity contribution in [1.29, 1.82) is 0 Å². The van der Waals surface area contributed by atoms with Crippen LogP contribution in [0.4, 0.5) is 17.6 Å². The number of carbonyl (C=O) groups excluding carboxylic acids is 1. The van der Waals surface area contributed by atoms with Gasteiger partial charge >= 0.3 is 0 Å². The molecule has 0 saturated heterocycles. The molecule has 6 N–H and O–H groups in total. The first-order valence-electron chi connectivity index (χ1n) is 5.65. The number of hydrogen-bond donors (Lipinski definition) is 4. The number of aromatic nitrogens is 2. The molecule has 0 bridgehead atoms. The Balaban J connectivity index is 2.68. The van der Waals surface area contributed by atoms with Gasteiger partial charge in [-0.25, -0.2) is 5.84 Å². The van der Waals surface area contributed by atoms with Gasteiger partial charge in [-0.1, -0.05) is 6.92 Å². The molecule has 8 heteroatoms. The summed E-state index contributed by atoms with van der Waals surface area (Å²) in [6, 6.07) is 1.61. The fraction of sp³-hybridized carbons (Fsp3) is 0.500. The summed E-state index contributed by atoms with van der Waals surface area (Å²) < 4.78 is 0. The number of nitrogen functional groups attached to an aromatic ring is 2. The number of nitrogens with zero attached hydrogens (tertiary/aromatic N) is 3. The summed E-state index contributed by atoms with van der Waals surface area (Å²) in [6.45, 7) is 2.85. The lowest BCUT2D eigenvalue weighted by Gasteiger charge is -2.18. The summed E-state index contributed by atoms with van der Waals surface area (Å²) in [6.07, 6.45) is 0.900. The second kappa shape index (κ2) is 6.60. The van der Waals surface area contributed by atoms with Gasteiger partial charge in [0.2, 0.25) is 11.9 Å². The zero-order valence-corrected chi connectivity index (χ0v) is 10.6. The van der Waals surface area contributed by atoms with Gasteiger partial charge in [-0.15, -0.1) is 0 Å². The molecule has 100 valence electrons. The number of anilines is 3. The summed E-state index contributed by atoms with van der Waals surface area (Å²) in [5, 5.41) is 2.78. The number of hydrazine groups is 1. The molecule has 0 radical (unpaired) electrons. The third-order valence-corrected chi connectivity index (χ3v) is 2.22. The monoisotopic (exact) mass is 253 g/mol. The van der Waals surface area contributed by atoms with Crippen molar-refractivity contribution in [2.75, 3.05) is 36.2 Å². The molecule has 8 nitrogen and oxygen atoms in total. The fourth-order valence-electron chi connectivity index (χ4n) is 1.34. The molecule has 0 aromatic carbocycles. The van der Waals surface area contributed by atoms with Crippen LogP contribution in [-0.4, -0.2) is 36.0 Å². The van der Waals surface area contributed by atoms with Crippen LogP contribution in [0.15, 0.2) is 6.07 Å². The number of amides is 1. The maximum atomic E-state index is 11.6. The summed E-state index contributed by atoms with van der Waals surface area (Å²) >= 11 is 0. The van der Waals surface area contributed by atoms with E-state index in [1.807, 2.05) is 6.92 Å². The molecule has 0 aliphatic rings. The molecule has 0 aliphatic carbocycles. The molecule has 1 rings (SSSR count). The van der Waals surface area contributed by atoms with Gasteiger partial charge in [-0.05, 0) is 6.42 Å². The van der Waals surface area contributed by atoms with Crippen LogP contribution in [0, 0.1) is 0 Å². The zero-order chi connectivity index (χ0) is 13.5. The maximum absolute atomic E-state index is 11.6. The van der Waals surface area contributed by atoms with Gasteiger partial charge in [0.15, 0.2) is 0 Å². The van der Waals surface area contributed by atoms with E-state index in [1.54, 1.807) is 18.0 Å². The molecule has 0 atom stereocenters. The number of rotatable bonds is 6. The van der Waals surface area contributed by atoms with Crippen molar-refractivity contribution < 1.29 is 4.79 Å². The summed E-state index contributed by atoms with van der Waals surface area (Å²) in [7, 11) is 1.74. The largest absolute Gasteiger partial charge is 0.368 e. The third kappa shape index (κ3) is 4.06. The molecule has 0 spiro atoms. The molecule has 1 aromatic rings. The third-order valence-electron chi connectivity index (χ3n) is 2.22. The van der Waals surface area contributed by atoms with Crippen molar-refractivity contribution in [1.82, 2.24) is 15.3 Å². The quantitative estimate of drug-likeness (QED) is 0.391. The van der Waals surface area contributed by atoms with Gasteiger partial charge in [-0.2, -0.15) is 9.97 Å². The van der Waals surface area contributed by atoms with E-state index in [-0.39, 0.29) is 18.4 Å². The second-order valence-corrected chi connectivity index (χ2v) is 3.82. The smallest absolute Gasteiger partial charge is 0.239 e. The SMILES string of the molecule is CCCNC(=O)CN(C)c1cc(NN)nc(N)n1. The topological polar surface area (TPSA) is 122 Å². The molecule has 0 saturated carbocycles. The lowest BCUT2D eigenvalue weighted by Crippen LogP contribution is -2.36. The van der Waals surface area contributed by atoms with Crippen molar-refractivity contribution in [2.45, 2.75) is 13.3 Å². The summed E-state index contributed by atoms with van der Waals surface area (Å²) in [5.74, 6) is 6.22. The fourth-order valence-corrected chi connectivity index (χ4v) is 1.34. The summed E-state index contributed by atoms with van der Waals surface area (Å²) in [4.78, 5) is 21.1. The van der Waals surface area contributed by atoms with E-state index < -0.39 is 0 Å². The predicted molar refractivity (Wildman–Crippen MR) is 70.8 cm³/mol. The van der Waals surface area contributed by atoms with E-state index >= 15 is 0 Å². The molecular weight excluding hydrogens is 234 g/mol. The highest BCUT2D eigenvalue weighted by Crippen LogP contribution is 2.14. The van der Waals surface area contributed by atoms with Gasteiger partial charge in [0.1, 0.15) is 11.6 Å². The Bertz CT molecular complexity index is 409. The second-order valence-electron chi connectivity index (χ2n) is 3.82. The van der Waals surface area contributed by atoms with Crippen LogP contribution < -0.4 is 27.2 Å². The lowest BCUT2D eigenvalue weighted by molar-refractivity contribution is -0.119. The molecule has 0 aliphatic heterocycles. The minimum atomic E-state index is -0.0706. The van der Waals surface area contributed by atoms with E-state index in [9.17, 15) is 4.79 Å². The van der Waals surface area contributed by atoms with Crippen LogP contribution in [0.3, 0.4) is 0 Å². The Labute approximate surface area is 106 Å².